The van der Waals surface area contributed by atoms with E-state index in [9.17, 15) is 29.4 Å². The molecular weight excluding hydrogens is 622 g/mol. The molecule has 4 amide bonds. The van der Waals surface area contributed by atoms with E-state index < -0.39 is 52.8 Å². The summed E-state index contributed by atoms with van der Waals surface area (Å²) in [7, 11) is 0. The molecule has 1 saturated carbocycles. The number of aryl methyl sites for hydroxylation is 3. The number of benzene rings is 3. The van der Waals surface area contributed by atoms with Gasteiger partial charge in [-0.15, -0.1) is 0 Å². The number of anilines is 1. The lowest BCUT2D eigenvalue weighted by Crippen LogP contribution is -2.53. The molecule has 10 heteroatoms. The van der Waals surface area contributed by atoms with Crippen LogP contribution in [0.2, 0.25) is 0 Å². The molecule has 0 aromatic heterocycles. The molecule has 2 aliphatic heterocycles. The fourth-order valence-electron chi connectivity index (χ4n) is 8.95. The van der Waals surface area contributed by atoms with E-state index in [0.29, 0.717) is 22.4 Å². The average molecular weight is 662 g/mol. The zero-order valence-corrected chi connectivity index (χ0v) is 27.7. The number of carbonyl (C=O) groups is 5. The number of allylic oxidation sites excluding steroid dienone is 2. The number of nitrogens with one attached hydrogen (secondary N) is 1. The highest BCUT2D eigenvalue weighted by Gasteiger charge is 2.70. The fourth-order valence-corrected chi connectivity index (χ4v) is 8.95. The van der Waals surface area contributed by atoms with E-state index in [4.69, 9.17) is 0 Å². The maximum absolute atomic E-state index is 15.2. The molecule has 2 saturated heterocycles. The van der Waals surface area contributed by atoms with Gasteiger partial charge in [-0.2, -0.15) is 5.01 Å². The highest BCUT2D eigenvalue weighted by atomic mass is 16.4. The van der Waals surface area contributed by atoms with Gasteiger partial charge in [-0.05, 0) is 80.3 Å². The Balaban J connectivity index is 1.41. The lowest BCUT2D eigenvalue weighted by molar-refractivity contribution is -0.142. The van der Waals surface area contributed by atoms with Crippen LogP contribution in [0.5, 0.6) is 5.75 Å². The number of rotatable bonds is 8. The number of likely N-dealkylation sites (tertiary alicyclic amines) is 1. The van der Waals surface area contributed by atoms with E-state index in [2.05, 4.69) is 5.43 Å². The van der Waals surface area contributed by atoms with Crippen molar-refractivity contribution in [2.24, 2.45) is 23.7 Å². The second-order valence-electron chi connectivity index (χ2n) is 13.9. The topological polar surface area (TPSA) is 144 Å². The van der Waals surface area contributed by atoms with Crippen molar-refractivity contribution < 1.29 is 34.2 Å². The number of carboxylic acids is 1. The lowest BCUT2D eigenvalue weighted by Gasteiger charge is -2.50. The Bertz CT molecular complexity index is 1900. The van der Waals surface area contributed by atoms with E-state index in [1.54, 1.807) is 13.8 Å². The van der Waals surface area contributed by atoms with E-state index in [0.717, 1.165) is 21.7 Å². The SMILES string of the molecule is Cc1ccc(NN2C(=O)C3CC4C(=CCC5C(=O)N(CCCC(=O)O)C(=O)C54)C(c4cc(C)c(O)c(C)c4)C3(c3ccccc3)C2=O)cc1. The van der Waals surface area contributed by atoms with Gasteiger partial charge in [-0.25, -0.2) is 0 Å². The molecule has 6 unspecified atom stereocenters. The lowest BCUT2D eigenvalue weighted by atomic mass is 9.49. The van der Waals surface area contributed by atoms with Gasteiger partial charge in [-0.1, -0.05) is 71.8 Å². The Morgan fingerprint density at radius 1 is 0.898 bits per heavy atom. The number of imide groups is 2. The van der Waals surface area contributed by atoms with Crippen molar-refractivity contribution in [2.75, 3.05) is 12.0 Å². The predicted molar refractivity (Wildman–Crippen MR) is 180 cm³/mol. The summed E-state index contributed by atoms with van der Waals surface area (Å²) in [5.41, 5.74) is 6.79. The van der Waals surface area contributed by atoms with Gasteiger partial charge in [0.25, 0.3) is 11.8 Å². The number of amides is 4. The molecule has 10 nitrogen and oxygen atoms in total. The highest BCUT2D eigenvalue weighted by molar-refractivity contribution is 6.13. The first-order valence-corrected chi connectivity index (χ1v) is 16.8. The van der Waals surface area contributed by atoms with E-state index in [1.165, 1.54) is 4.90 Å². The number of hydrogen-bond donors (Lipinski definition) is 3. The minimum atomic E-state index is -1.39. The van der Waals surface area contributed by atoms with Crippen molar-refractivity contribution in [1.29, 1.82) is 0 Å². The predicted octanol–water partition coefficient (Wildman–Crippen LogP) is 5.17. The van der Waals surface area contributed by atoms with Gasteiger partial charge in [0.1, 0.15) is 5.75 Å². The van der Waals surface area contributed by atoms with E-state index >= 15 is 4.79 Å². The van der Waals surface area contributed by atoms with Gasteiger partial charge >= 0.3 is 5.97 Å². The third kappa shape index (κ3) is 4.95. The van der Waals surface area contributed by atoms with Crippen LogP contribution in [0, 0.1) is 44.4 Å². The van der Waals surface area contributed by atoms with Gasteiger partial charge in [0.05, 0.1) is 28.9 Å². The summed E-state index contributed by atoms with van der Waals surface area (Å²) in [4.78, 5) is 70.1. The number of hydrogen-bond acceptors (Lipinski definition) is 7. The van der Waals surface area contributed by atoms with Crippen molar-refractivity contribution in [3.05, 3.63) is 106 Å². The Morgan fingerprint density at radius 3 is 2.22 bits per heavy atom. The summed E-state index contributed by atoms with van der Waals surface area (Å²) in [5.74, 6) is -5.82. The molecule has 3 N–H and O–H groups in total. The maximum atomic E-state index is 15.2. The van der Waals surface area contributed by atoms with Crippen molar-refractivity contribution in [1.82, 2.24) is 9.91 Å². The van der Waals surface area contributed by atoms with Crippen molar-refractivity contribution in [3.8, 4) is 5.75 Å². The number of nitrogens with zero attached hydrogens (tertiary/aromatic N) is 2. The van der Waals surface area contributed by atoms with Crippen LogP contribution in [0.15, 0.2) is 78.4 Å². The Labute approximate surface area is 284 Å². The van der Waals surface area contributed by atoms with Crippen molar-refractivity contribution >= 4 is 35.3 Å². The third-order valence-corrected chi connectivity index (χ3v) is 11.1. The largest absolute Gasteiger partial charge is 0.507 e. The van der Waals surface area contributed by atoms with Crippen molar-refractivity contribution in [2.45, 2.75) is 57.8 Å². The monoisotopic (exact) mass is 661 g/mol. The van der Waals surface area contributed by atoms with Gasteiger partial charge in [0.2, 0.25) is 11.8 Å². The van der Waals surface area contributed by atoms with E-state index in [-0.39, 0.29) is 49.8 Å². The van der Waals surface area contributed by atoms with Crippen LogP contribution in [0.1, 0.15) is 59.4 Å². The quantitative estimate of drug-likeness (QED) is 0.222. The summed E-state index contributed by atoms with van der Waals surface area (Å²) in [6.07, 6.45) is 2.44. The Morgan fingerprint density at radius 2 is 1.57 bits per heavy atom. The van der Waals surface area contributed by atoms with Crippen LogP contribution in [-0.2, 0) is 29.4 Å². The first kappa shape index (κ1) is 32.3. The number of aliphatic carboxylic acids is 1. The smallest absolute Gasteiger partial charge is 0.303 e. The molecule has 2 heterocycles. The minimum absolute atomic E-state index is 0.0157. The third-order valence-electron chi connectivity index (χ3n) is 11.1. The van der Waals surface area contributed by atoms with Crippen LogP contribution in [0.4, 0.5) is 5.69 Å². The Hall–Kier alpha value is -5.25. The number of phenols is 1. The van der Waals surface area contributed by atoms with E-state index in [1.807, 2.05) is 79.7 Å². The molecule has 4 aliphatic rings. The molecule has 252 valence electrons. The number of hydrazine groups is 1. The standard InChI is InChI=1S/C39H39N3O7/c1-21-11-13-26(14-12-21)40-42-36(47)30-20-29-27(15-16-28-32(29)37(48)41(35(28)46)17-7-10-31(43)44)33(24-18-22(2)34(45)23(3)19-24)39(30,38(42)49)25-8-5-4-6-9-25/h4-6,8-9,11-15,18-19,28-30,32-33,40,45H,7,10,16-17,20H2,1-3H3,(H,43,44). The number of carboxylic acid groups (broad SMARTS) is 1. The molecule has 0 radical (unpaired) electrons. The normalized spacial score (nSPS) is 27.5. The summed E-state index contributed by atoms with van der Waals surface area (Å²) in [6.45, 7) is 5.56. The molecular formula is C39H39N3O7. The molecule has 49 heavy (non-hydrogen) atoms. The summed E-state index contributed by atoms with van der Waals surface area (Å²) in [5, 5.41) is 21.1. The molecule has 3 aromatic rings. The molecule has 3 fully saturated rings. The molecule has 2 aliphatic carbocycles. The molecule has 0 bridgehead atoms. The molecule has 3 aromatic carbocycles. The summed E-state index contributed by atoms with van der Waals surface area (Å²) in [6, 6.07) is 20.4. The molecule has 7 rings (SSSR count). The molecule has 0 spiro atoms. The Kier molecular flexibility index (Phi) is 7.92. The van der Waals surface area contributed by atoms with Gasteiger partial charge in [0.15, 0.2) is 0 Å². The van der Waals surface area contributed by atoms with Gasteiger partial charge in [-0.3, -0.25) is 34.3 Å². The van der Waals surface area contributed by atoms with Crippen LogP contribution in [0.3, 0.4) is 0 Å². The van der Waals surface area contributed by atoms with Crippen LogP contribution < -0.4 is 5.43 Å². The van der Waals surface area contributed by atoms with Crippen LogP contribution >= 0.6 is 0 Å². The number of carbonyl (C=O) groups excluding carboxylic acids is 4. The van der Waals surface area contributed by atoms with Gasteiger partial charge < -0.3 is 10.2 Å². The molecule has 6 atom stereocenters. The summed E-state index contributed by atoms with van der Waals surface area (Å²) < 4.78 is 0. The zero-order chi connectivity index (χ0) is 34.8. The zero-order valence-electron chi connectivity index (χ0n) is 27.7. The van der Waals surface area contributed by atoms with Crippen LogP contribution in [0.25, 0.3) is 0 Å². The fraction of sp³-hybridized carbons (Fsp3) is 0.359. The number of aromatic hydroxyl groups is 1. The van der Waals surface area contributed by atoms with Crippen LogP contribution in [-0.4, -0.2) is 56.3 Å². The number of fused-ring (bicyclic) bond motifs is 4. The highest BCUT2D eigenvalue weighted by Crippen LogP contribution is 2.64. The van der Waals surface area contributed by atoms with Crippen molar-refractivity contribution in [3.63, 3.8) is 0 Å². The second-order valence-corrected chi connectivity index (χ2v) is 13.9. The van der Waals surface area contributed by atoms with Gasteiger partial charge in [0, 0.05) is 18.9 Å². The summed E-state index contributed by atoms with van der Waals surface area (Å²) >= 11 is 0. The maximum Gasteiger partial charge on any atom is 0.303 e. The average Bonchev–Trinajstić information content (AvgIpc) is 3.45. The first-order chi connectivity index (χ1) is 23.4. The second kappa shape index (κ2) is 12.0. The number of phenolic OH excluding ortho intramolecular Hbond substituents is 1. The first-order valence-electron chi connectivity index (χ1n) is 16.8. The minimum Gasteiger partial charge on any atom is -0.507 e.